The molecule has 1 aromatic heterocycles. The molecule has 0 spiro atoms. The van der Waals surface area contributed by atoms with Crippen molar-refractivity contribution < 1.29 is 4.79 Å². The molecule has 0 unspecified atom stereocenters. The van der Waals surface area contributed by atoms with Crippen LogP contribution in [0.15, 0.2) is 6.20 Å². The highest BCUT2D eigenvalue weighted by atomic mass is 35.5. The summed E-state index contributed by atoms with van der Waals surface area (Å²) in [6, 6.07) is 0.0581. The average Bonchev–Trinajstić information content (AvgIpc) is 2.95. The second kappa shape index (κ2) is 6.20. The number of aromatic nitrogens is 1. The molecular formula is C13H20ClN3OS. The highest BCUT2D eigenvalue weighted by Crippen LogP contribution is 2.37. The van der Waals surface area contributed by atoms with E-state index in [1.54, 1.807) is 11.3 Å². The van der Waals surface area contributed by atoms with Gasteiger partial charge in [0.2, 0.25) is 5.91 Å². The van der Waals surface area contributed by atoms with Crippen LogP contribution in [-0.2, 0) is 4.79 Å². The fourth-order valence-corrected chi connectivity index (χ4v) is 3.62. The van der Waals surface area contributed by atoms with Crippen LogP contribution in [0.4, 0.5) is 5.13 Å². The third kappa shape index (κ3) is 3.46. The molecule has 106 valence electrons. The van der Waals surface area contributed by atoms with E-state index in [0.717, 1.165) is 11.6 Å². The van der Waals surface area contributed by atoms with Crippen LogP contribution in [0.3, 0.4) is 0 Å². The van der Waals surface area contributed by atoms with Crippen LogP contribution in [0, 0.1) is 5.92 Å². The zero-order valence-electron chi connectivity index (χ0n) is 10.8. The van der Waals surface area contributed by atoms with Gasteiger partial charge in [0.1, 0.15) is 0 Å². The van der Waals surface area contributed by atoms with Crippen LogP contribution < -0.4 is 11.1 Å². The Morgan fingerprint density at radius 3 is 2.68 bits per heavy atom. The van der Waals surface area contributed by atoms with Crippen LogP contribution >= 0.6 is 23.7 Å². The smallest absolute Gasteiger partial charge is 0.230 e. The van der Waals surface area contributed by atoms with Crippen molar-refractivity contribution in [3.8, 4) is 0 Å². The number of nitrogens with two attached hydrogens (primary N) is 1. The SMILES string of the molecule is Cl.N[C@@H]1C[C@H]1C(=O)Nc1ncc(C2CCCCC2)s1. The molecule has 0 radical (unpaired) electrons. The Labute approximate surface area is 123 Å². The number of nitrogens with zero attached hydrogens (tertiary/aromatic N) is 1. The van der Waals surface area contributed by atoms with E-state index in [9.17, 15) is 4.79 Å². The van der Waals surface area contributed by atoms with Gasteiger partial charge in [-0.2, -0.15) is 0 Å². The van der Waals surface area contributed by atoms with E-state index < -0.39 is 0 Å². The molecule has 2 aliphatic rings. The standard InChI is InChI=1S/C13H19N3OS.ClH/c14-10-6-9(10)12(17)16-13-15-7-11(18-13)8-4-2-1-3-5-8;/h7-10H,1-6,14H2,(H,15,16,17);1H/t9-,10-;/m1./s1. The van der Waals surface area contributed by atoms with Crippen molar-refractivity contribution in [3.63, 3.8) is 0 Å². The van der Waals surface area contributed by atoms with Crippen molar-refractivity contribution in [2.24, 2.45) is 11.7 Å². The molecule has 2 fully saturated rings. The summed E-state index contributed by atoms with van der Waals surface area (Å²) in [7, 11) is 0. The summed E-state index contributed by atoms with van der Waals surface area (Å²) in [5.41, 5.74) is 5.67. The molecule has 3 N–H and O–H groups in total. The molecule has 0 bridgehead atoms. The first-order valence-electron chi connectivity index (χ1n) is 6.76. The fourth-order valence-electron chi connectivity index (χ4n) is 2.63. The van der Waals surface area contributed by atoms with Gasteiger partial charge in [0.05, 0.1) is 5.92 Å². The van der Waals surface area contributed by atoms with Gasteiger partial charge in [0.15, 0.2) is 5.13 Å². The van der Waals surface area contributed by atoms with Crippen molar-refractivity contribution in [2.45, 2.75) is 50.5 Å². The molecule has 2 aliphatic carbocycles. The number of hydrogen-bond donors (Lipinski definition) is 2. The highest BCUT2D eigenvalue weighted by Gasteiger charge is 2.40. The predicted octanol–water partition coefficient (Wildman–Crippen LogP) is 2.90. The molecule has 1 heterocycles. The van der Waals surface area contributed by atoms with E-state index in [4.69, 9.17) is 5.73 Å². The van der Waals surface area contributed by atoms with Crippen molar-refractivity contribution in [1.82, 2.24) is 4.98 Å². The van der Waals surface area contributed by atoms with Gasteiger partial charge < -0.3 is 11.1 Å². The summed E-state index contributed by atoms with van der Waals surface area (Å²) >= 11 is 1.63. The molecule has 0 aliphatic heterocycles. The molecule has 3 rings (SSSR count). The Balaban J connectivity index is 0.00000133. The lowest BCUT2D eigenvalue weighted by atomic mass is 9.89. The van der Waals surface area contributed by atoms with E-state index >= 15 is 0 Å². The number of halogens is 1. The minimum atomic E-state index is 0. The third-order valence-electron chi connectivity index (χ3n) is 3.94. The molecule has 1 aromatic rings. The molecule has 6 heteroatoms. The number of carbonyl (C=O) groups excluding carboxylic acids is 1. The summed E-state index contributed by atoms with van der Waals surface area (Å²) in [5, 5.41) is 3.62. The molecule has 2 saturated carbocycles. The van der Waals surface area contributed by atoms with E-state index in [1.807, 2.05) is 6.20 Å². The lowest BCUT2D eigenvalue weighted by Crippen LogP contribution is -2.18. The monoisotopic (exact) mass is 301 g/mol. The van der Waals surface area contributed by atoms with Crippen molar-refractivity contribution in [3.05, 3.63) is 11.1 Å². The first-order chi connectivity index (χ1) is 8.74. The van der Waals surface area contributed by atoms with Crippen LogP contribution in [0.2, 0.25) is 0 Å². The van der Waals surface area contributed by atoms with Gasteiger partial charge in [0, 0.05) is 17.1 Å². The van der Waals surface area contributed by atoms with Gasteiger partial charge in [-0.05, 0) is 25.2 Å². The Morgan fingerprint density at radius 1 is 1.37 bits per heavy atom. The number of nitrogens with one attached hydrogen (secondary N) is 1. The molecule has 0 aromatic carbocycles. The van der Waals surface area contributed by atoms with Crippen molar-refractivity contribution in [2.75, 3.05) is 5.32 Å². The van der Waals surface area contributed by atoms with Crippen LogP contribution in [-0.4, -0.2) is 16.9 Å². The van der Waals surface area contributed by atoms with Crippen molar-refractivity contribution >= 4 is 34.8 Å². The van der Waals surface area contributed by atoms with E-state index in [1.165, 1.54) is 37.0 Å². The normalized spacial score (nSPS) is 26.6. The van der Waals surface area contributed by atoms with E-state index in [0.29, 0.717) is 5.92 Å². The maximum atomic E-state index is 11.7. The maximum absolute atomic E-state index is 11.7. The van der Waals surface area contributed by atoms with Crippen LogP contribution in [0.25, 0.3) is 0 Å². The lowest BCUT2D eigenvalue weighted by molar-refractivity contribution is -0.117. The van der Waals surface area contributed by atoms with Gasteiger partial charge in [0.25, 0.3) is 0 Å². The first kappa shape index (κ1) is 14.8. The Bertz CT molecular complexity index is 445. The Morgan fingerprint density at radius 2 is 2.05 bits per heavy atom. The van der Waals surface area contributed by atoms with Crippen LogP contribution in [0.1, 0.15) is 49.3 Å². The van der Waals surface area contributed by atoms with Gasteiger partial charge >= 0.3 is 0 Å². The van der Waals surface area contributed by atoms with E-state index in [2.05, 4.69) is 10.3 Å². The molecule has 1 amide bonds. The lowest BCUT2D eigenvalue weighted by Gasteiger charge is -2.19. The second-order valence-corrected chi connectivity index (χ2v) is 6.46. The summed E-state index contributed by atoms with van der Waals surface area (Å²) in [6.45, 7) is 0. The fraction of sp³-hybridized carbons (Fsp3) is 0.692. The molecule has 2 atom stereocenters. The number of carbonyl (C=O) groups is 1. The van der Waals surface area contributed by atoms with Gasteiger partial charge in [-0.25, -0.2) is 4.98 Å². The van der Waals surface area contributed by atoms with Gasteiger partial charge in [-0.1, -0.05) is 19.3 Å². The minimum Gasteiger partial charge on any atom is -0.327 e. The second-order valence-electron chi connectivity index (χ2n) is 5.40. The summed E-state index contributed by atoms with van der Waals surface area (Å²) in [4.78, 5) is 17.4. The number of rotatable bonds is 3. The number of anilines is 1. The Hall–Kier alpha value is -0.650. The highest BCUT2D eigenvalue weighted by molar-refractivity contribution is 7.15. The molecule has 4 nitrogen and oxygen atoms in total. The number of thiazole rings is 1. The zero-order chi connectivity index (χ0) is 12.5. The average molecular weight is 302 g/mol. The van der Waals surface area contributed by atoms with Crippen molar-refractivity contribution in [1.29, 1.82) is 0 Å². The largest absolute Gasteiger partial charge is 0.327 e. The van der Waals surface area contributed by atoms with E-state index in [-0.39, 0.29) is 30.3 Å². The predicted molar refractivity (Wildman–Crippen MR) is 79.9 cm³/mol. The topological polar surface area (TPSA) is 68.0 Å². The van der Waals surface area contributed by atoms with Gasteiger partial charge in [-0.3, -0.25) is 4.79 Å². The van der Waals surface area contributed by atoms with Crippen LogP contribution in [0.5, 0.6) is 0 Å². The summed E-state index contributed by atoms with van der Waals surface area (Å²) in [6.07, 6.45) is 9.28. The molecule has 19 heavy (non-hydrogen) atoms. The summed E-state index contributed by atoms with van der Waals surface area (Å²) < 4.78 is 0. The third-order valence-corrected chi connectivity index (χ3v) is 5.01. The quantitative estimate of drug-likeness (QED) is 0.902. The molecular weight excluding hydrogens is 282 g/mol. The maximum Gasteiger partial charge on any atom is 0.230 e. The minimum absolute atomic E-state index is 0. The first-order valence-corrected chi connectivity index (χ1v) is 7.58. The zero-order valence-corrected chi connectivity index (χ0v) is 12.4. The van der Waals surface area contributed by atoms with Gasteiger partial charge in [-0.15, -0.1) is 23.7 Å². The summed E-state index contributed by atoms with van der Waals surface area (Å²) in [5.74, 6) is 0.698. The Kier molecular flexibility index (Phi) is 4.81. The molecule has 0 saturated heterocycles. The number of hydrogen-bond acceptors (Lipinski definition) is 4. The number of amides is 1.